The van der Waals surface area contributed by atoms with Crippen molar-refractivity contribution in [3.63, 3.8) is 0 Å². The molecular weight excluding hydrogens is 218 g/mol. The minimum atomic E-state index is -0.495. The van der Waals surface area contributed by atoms with Crippen molar-refractivity contribution in [1.82, 2.24) is 4.98 Å². The number of nitrogens with zero attached hydrogens (tertiary/aromatic N) is 1. The molecule has 86 valence electrons. The fraction of sp³-hybridized carbons (Fsp3) is 0.615. The fourth-order valence-electron chi connectivity index (χ4n) is 3.00. The highest BCUT2D eigenvalue weighted by molar-refractivity contribution is 8.00. The van der Waals surface area contributed by atoms with Gasteiger partial charge in [-0.05, 0) is 37.8 Å². The molecule has 1 N–H and O–H groups in total. The van der Waals surface area contributed by atoms with E-state index in [1.807, 2.05) is 24.4 Å². The predicted molar refractivity (Wildman–Crippen MR) is 66.5 cm³/mol. The smallest absolute Gasteiger partial charge is 0.0724 e. The minimum absolute atomic E-state index is 0.495. The van der Waals surface area contributed by atoms with E-state index in [-0.39, 0.29) is 0 Å². The summed E-state index contributed by atoms with van der Waals surface area (Å²) in [5.74, 6) is 0. The highest BCUT2D eigenvalue weighted by Gasteiger charge is 2.43. The van der Waals surface area contributed by atoms with Crippen LogP contribution in [0.5, 0.6) is 0 Å². The predicted octanol–water partition coefficient (Wildman–Crippen LogP) is 2.41. The van der Waals surface area contributed by atoms with Gasteiger partial charge in [0.2, 0.25) is 0 Å². The van der Waals surface area contributed by atoms with Crippen LogP contribution in [0.3, 0.4) is 0 Å². The molecule has 0 amide bonds. The zero-order chi connectivity index (χ0) is 11.0. The third-order valence-electron chi connectivity index (χ3n) is 3.65. The van der Waals surface area contributed by atoms with Crippen LogP contribution in [0.4, 0.5) is 0 Å². The Morgan fingerprint density at radius 1 is 1.31 bits per heavy atom. The standard InChI is InChI=1S/C13H17NOS/c15-13(7-10-3-1-2-6-14-10)8-11-4-5-12(9-13)16-11/h1-3,6,11-12,15H,4-5,7-9H2. The maximum Gasteiger partial charge on any atom is 0.0724 e. The van der Waals surface area contributed by atoms with Crippen LogP contribution in [-0.4, -0.2) is 26.2 Å². The Labute approximate surface area is 100 Å². The molecule has 16 heavy (non-hydrogen) atoms. The third-order valence-corrected chi connectivity index (χ3v) is 5.22. The van der Waals surface area contributed by atoms with Crippen LogP contribution in [0.15, 0.2) is 24.4 Å². The molecule has 2 bridgehead atoms. The summed E-state index contributed by atoms with van der Waals surface area (Å²) >= 11 is 2.08. The van der Waals surface area contributed by atoms with Gasteiger partial charge in [0.05, 0.1) is 5.60 Å². The van der Waals surface area contributed by atoms with Gasteiger partial charge in [0.25, 0.3) is 0 Å². The van der Waals surface area contributed by atoms with Gasteiger partial charge in [-0.2, -0.15) is 11.8 Å². The third kappa shape index (κ3) is 2.11. The SMILES string of the molecule is OC1(Cc2ccccn2)CC2CCC(C1)S2. The number of fused-ring (bicyclic) bond motifs is 2. The number of thioether (sulfide) groups is 1. The highest BCUT2D eigenvalue weighted by atomic mass is 32.2. The van der Waals surface area contributed by atoms with Crippen LogP contribution in [0.1, 0.15) is 31.4 Å². The van der Waals surface area contributed by atoms with Crippen molar-refractivity contribution in [1.29, 1.82) is 0 Å². The first-order chi connectivity index (χ1) is 7.73. The summed E-state index contributed by atoms with van der Waals surface area (Å²) in [5.41, 5.74) is 0.530. The summed E-state index contributed by atoms with van der Waals surface area (Å²) in [6.45, 7) is 0. The first kappa shape index (κ1) is 10.6. The molecule has 2 fully saturated rings. The van der Waals surface area contributed by atoms with Gasteiger partial charge in [-0.3, -0.25) is 4.98 Å². The van der Waals surface area contributed by atoms with Crippen LogP contribution in [0.2, 0.25) is 0 Å². The number of hydrogen-bond donors (Lipinski definition) is 1. The van der Waals surface area contributed by atoms with Gasteiger partial charge in [-0.15, -0.1) is 0 Å². The van der Waals surface area contributed by atoms with Crippen LogP contribution in [0, 0.1) is 0 Å². The molecule has 2 saturated heterocycles. The lowest BCUT2D eigenvalue weighted by Gasteiger charge is -2.35. The molecular formula is C13H17NOS. The van der Waals surface area contributed by atoms with E-state index in [0.717, 1.165) is 25.0 Å². The summed E-state index contributed by atoms with van der Waals surface area (Å²) in [7, 11) is 0. The second kappa shape index (κ2) is 4.04. The molecule has 3 heterocycles. The van der Waals surface area contributed by atoms with E-state index in [9.17, 15) is 5.11 Å². The number of rotatable bonds is 2. The van der Waals surface area contributed by atoms with E-state index >= 15 is 0 Å². The first-order valence-electron chi connectivity index (χ1n) is 6.01. The number of aliphatic hydroxyl groups is 1. The topological polar surface area (TPSA) is 33.1 Å². The Balaban J connectivity index is 1.74. The van der Waals surface area contributed by atoms with Crippen molar-refractivity contribution in [3.05, 3.63) is 30.1 Å². The van der Waals surface area contributed by atoms with Gasteiger partial charge in [0.15, 0.2) is 0 Å². The molecule has 3 heteroatoms. The molecule has 0 spiro atoms. The van der Waals surface area contributed by atoms with Crippen LogP contribution in [0.25, 0.3) is 0 Å². The molecule has 0 radical (unpaired) electrons. The molecule has 2 atom stereocenters. The molecule has 1 aromatic rings. The Morgan fingerprint density at radius 3 is 2.69 bits per heavy atom. The van der Waals surface area contributed by atoms with Crippen molar-refractivity contribution in [2.45, 2.75) is 48.2 Å². The maximum absolute atomic E-state index is 10.7. The molecule has 2 aliphatic heterocycles. The number of pyridine rings is 1. The zero-order valence-corrected chi connectivity index (χ0v) is 10.1. The van der Waals surface area contributed by atoms with Crippen molar-refractivity contribution in [2.75, 3.05) is 0 Å². The van der Waals surface area contributed by atoms with E-state index in [2.05, 4.69) is 16.7 Å². The van der Waals surface area contributed by atoms with Gasteiger partial charge >= 0.3 is 0 Å². The van der Waals surface area contributed by atoms with E-state index in [1.165, 1.54) is 12.8 Å². The van der Waals surface area contributed by atoms with Crippen LogP contribution < -0.4 is 0 Å². The average Bonchev–Trinajstić information content (AvgIpc) is 2.59. The van der Waals surface area contributed by atoms with Crippen molar-refractivity contribution in [3.8, 4) is 0 Å². The molecule has 2 aliphatic rings. The summed E-state index contributed by atoms with van der Waals surface area (Å²) < 4.78 is 0. The lowest BCUT2D eigenvalue weighted by Crippen LogP contribution is -2.39. The molecule has 0 saturated carbocycles. The molecule has 1 aromatic heterocycles. The van der Waals surface area contributed by atoms with E-state index < -0.39 is 5.60 Å². The quantitative estimate of drug-likeness (QED) is 0.854. The lowest BCUT2D eigenvalue weighted by atomic mass is 9.88. The Bertz CT molecular complexity index is 355. The zero-order valence-electron chi connectivity index (χ0n) is 9.30. The number of aromatic nitrogens is 1. The lowest BCUT2D eigenvalue weighted by molar-refractivity contribution is 0.0233. The van der Waals surface area contributed by atoms with Gasteiger partial charge in [-0.25, -0.2) is 0 Å². The monoisotopic (exact) mass is 235 g/mol. The second-order valence-electron chi connectivity index (χ2n) is 5.09. The van der Waals surface area contributed by atoms with Gasteiger partial charge in [0, 0.05) is 28.8 Å². The van der Waals surface area contributed by atoms with Gasteiger partial charge in [-0.1, -0.05) is 6.07 Å². The normalized spacial score (nSPS) is 37.6. The Morgan fingerprint density at radius 2 is 2.06 bits per heavy atom. The van der Waals surface area contributed by atoms with Crippen LogP contribution >= 0.6 is 11.8 Å². The Hall–Kier alpha value is -0.540. The fourth-order valence-corrected chi connectivity index (χ4v) is 4.90. The first-order valence-corrected chi connectivity index (χ1v) is 6.96. The van der Waals surface area contributed by atoms with Crippen molar-refractivity contribution < 1.29 is 5.11 Å². The van der Waals surface area contributed by atoms with Crippen LogP contribution in [-0.2, 0) is 6.42 Å². The summed E-state index contributed by atoms with van der Waals surface area (Å²) in [4.78, 5) is 4.32. The van der Waals surface area contributed by atoms with E-state index in [0.29, 0.717) is 10.5 Å². The highest BCUT2D eigenvalue weighted by Crippen LogP contribution is 2.48. The minimum Gasteiger partial charge on any atom is -0.389 e. The second-order valence-corrected chi connectivity index (χ2v) is 6.69. The molecule has 0 aliphatic carbocycles. The van der Waals surface area contributed by atoms with Crippen molar-refractivity contribution >= 4 is 11.8 Å². The summed E-state index contributed by atoms with van der Waals surface area (Å²) in [6.07, 6.45) is 7.02. The summed E-state index contributed by atoms with van der Waals surface area (Å²) in [6, 6.07) is 5.94. The average molecular weight is 235 g/mol. The van der Waals surface area contributed by atoms with E-state index in [4.69, 9.17) is 0 Å². The molecule has 0 aromatic carbocycles. The van der Waals surface area contributed by atoms with Crippen molar-refractivity contribution in [2.24, 2.45) is 0 Å². The van der Waals surface area contributed by atoms with Gasteiger partial charge < -0.3 is 5.11 Å². The molecule has 2 nitrogen and oxygen atoms in total. The number of hydrogen-bond acceptors (Lipinski definition) is 3. The Kier molecular flexibility index (Phi) is 2.68. The van der Waals surface area contributed by atoms with Gasteiger partial charge in [0.1, 0.15) is 0 Å². The van der Waals surface area contributed by atoms with E-state index in [1.54, 1.807) is 0 Å². The largest absolute Gasteiger partial charge is 0.389 e. The molecule has 3 rings (SSSR count). The summed E-state index contributed by atoms with van der Waals surface area (Å²) in [5, 5.41) is 12.0. The molecule has 2 unspecified atom stereocenters. The maximum atomic E-state index is 10.7.